The van der Waals surface area contributed by atoms with Crippen LogP contribution in [0.25, 0.3) is 0 Å². The van der Waals surface area contributed by atoms with E-state index in [0.29, 0.717) is 0 Å². The number of allylic oxidation sites excluding steroid dienone is 1. The van der Waals surface area contributed by atoms with Gasteiger partial charge in [0.1, 0.15) is 0 Å². The molecule has 14 heavy (non-hydrogen) atoms. The van der Waals surface area contributed by atoms with Crippen LogP contribution in [0.15, 0.2) is 12.7 Å². The van der Waals surface area contributed by atoms with Crippen LogP contribution >= 0.6 is 0 Å². The summed E-state index contributed by atoms with van der Waals surface area (Å²) in [6.07, 6.45) is 11.6. The first-order chi connectivity index (χ1) is 6.65. The second-order valence-electron chi connectivity index (χ2n) is 3.19. The van der Waals surface area contributed by atoms with Gasteiger partial charge in [-0.2, -0.15) is 0 Å². The predicted molar refractivity (Wildman–Crippen MR) is 60.6 cm³/mol. The van der Waals surface area contributed by atoms with E-state index in [1.165, 1.54) is 44.9 Å². The van der Waals surface area contributed by atoms with Crippen molar-refractivity contribution in [2.24, 2.45) is 0 Å². The minimum absolute atomic E-state index is 1.20. The van der Waals surface area contributed by atoms with E-state index in [4.69, 9.17) is 15.1 Å². The average molecular weight is 202 g/mol. The third-order valence-electron chi connectivity index (χ3n) is 1.76. The molecule has 0 aromatic rings. The molecule has 0 aromatic carbocycles. The Morgan fingerprint density at radius 2 is 1.43 bits per heavy atom. The summed E-state index contributed by atoms with van der Waals surface area (Å²) in [5.41, 5.74) is 0. The Kier molecular flexibility index (Phi) is 17.5. The highest BCUT2D eigenvalue weighted by molar-refractivity contribution is 6.30. The van der Waals surface area contributed by atoms with Crippen molar-refractivity contribution in [1.29, 1.82) is 0 Å². The van der Waals surface area contributed by atoms with Gasteiger partial charge in [-0.15, -0.1) is 6.58 Å². The Bertz CT molecular complexity index is 105. The summed E-state index contributed by atoms with van der Waals surface area (Å²) < 4.78 is 0. The molecule has 0 spiro atoms. The second-order valence-corrected chi connectivity index (χ2v) is 3.19. The molecule has 0 unspecified atom stereocenters. The lowest BCUT2D eigenvalue weighted by molar-refractivity contribution is 0.278. The van der Waals surface area contributed by atoms with Crippen molar-refractivity contribution in [2.45, 2.75) is 51.9 Å². The molecule has 0 aliphatic carbocycles. The molecule has 0 aliphatic rings. The van der Waals surface area contributed by atoms with Crippen molar-refractivity contribution >= 4 is 7.32 Å². The predicted octanol–water partition coefficient (Wildman–Crippen LogP) is 1.87. The molecule has 0 rings (SSSR count). The van der Waals surface area contributed by atoms with Crippen molar-refractivity contribution in [1.82, 2.24) is 0 Å². The van der Waals surface area contributed by atoms with Crippen LogP contribution in [-0.2, 0) is 0 Å². The van der Waals surface area contributed by atoms with Crippen LogP contribution in [-0.4, -0.2) is 22.4 Å². The van der Waals surface area contributed by atoms with Crippen molar-refractivity contribution < 1.29 is 15.1 Å². The molecule has 0 saturated carbocycles. The van der Waals surface area contributed by atoms with E-state index in [-0.39, 0.29) is 0 Å². The highest BCUT2D eigenvalue weighted by Gasteiger charge is 1.92. The van der Waals surface area contributed by atoms with Crippen LogP contribution in [0.5, 0.6) is 0 Å². The SMILES string of the molecule is C=CCCCCCCCC.OB(O)O. The van der Waals surface area contributed by atoms with Gasteiger partial charge < -0.3 is 15.1 Å². The topological polar surface area (TPSA) is 60.7 Å². The lowest BCUT2D eigenvalue weighted by Gasteiger charge is -1.96. The number of hydrogen-bond donors (Lipinski definition) is 3. The highest BCUT2D eigenvalue weighted by atomic mass is 16.5. The van der Waals surface area contributed by atoms with Gasteiger partial charge in [0.25, 0.3) is 0 Å². The maximum Gasteiger partial charge on any atom is 0.631 e. The van der Waals surface area contributed by atoms with Gasteiger partial charge in [-0.1, -0.05) is 45.1 Å². The smallest absolute Gasteiger partial charge is 0.402 e. The fourth-order valence-corrected chi connectivity index (χ4v) is 1.07. The van der Waals surface area contributed by atoms with Gasteiger partial charge in [0.05, 0.1) is 0 Å². The van der Waals surface area contributed by atoms with Crippen molar-refractivity contribution in [2.75, 3.05) is 0 Å². The maximum absolute atomic E-state index is 7.17. The molecule has 0 atom stereocenters. The molecule has 0 saturated heterocycles. The Labute approximate surface area is 87.7 Å². The quantitative estimate of drug-likeness (QED) is 0.335. The summed E-state index contributed by atoms with van der Waals surface area (Å²) >= 11 is 0. The minimum Gasteiger partial charge on any atom is -0.402 e. The maximum atomic E-state index is 7.17. The molecule has 84 valence electrons. The number of rotatable bonds is 7. The Hall–Kier alpha value is -0.315. The van der Waals surface area contributed by atoms with Crippen LogP contribution in [0.3, 0.4) is 0 Å². The largest absolute Gasteiger partial charge is 0.631 e. The standard InChI is InChI=1S/C10H20.BH3O3/c1-3-5-7-9-10-8-6-4-2;2-1(3)4/h3H,1,4-10H2,2H3;2-4H. The van der Waals surface area contributed by atoms with Gasteiger partial charge >= 0.3 is 7.32 Å². The van der Waals surface area contributed by atoms with E-state index in [0.717, 1.165) is 0 Å². The first-order valence-electron chi connectivity index (χ1n) is 5.30. The van der Waals surface area contributed by atoms with E-state index >= 15 is 0 Å². The summed E-state index contributed by atoms with van der Waals surface area (Å²) in [5, 5.41) is 21.5. The average Bonchev–Trinajstić information content (AvgIpc) is 2.10. The minimum atomic E-state index is -2.17. The zero-order valence-electron chi connectivity index (χ0n) is 9.15. The molecular formula is C10H23BO3. The Morgan fingerprint density at radius 1 is 1.00 bits per heavy atom. The van der Waals surface area contributed by atoms with Gasteiger partial charge in [-0.3, -0.25) is 0 Å². The zero-order chi connectivity index (χ0) is 11.2. The molecule has 3 N–H and O–H groups in total. The van der Waals surface area contributed by atoms with Crippen molar-refractivity contribution in [3.63, 3.8) is 0 Å². The van der Waals surface area contributed by atoms with Crippen LogP contribution in [0.1, 0.15) is 51.9 Å². The summed E-state index contributed by atoms with van der Waals surface area (Å²) in [6, 6.07) is 0. The molecule has 3 nitrogen and oxygen atoms in total. The molecule has 4 heteroatoms. The molecule has 0 radical (unpaired) electrons. The van der Waals surface area contributed by atoms with E-state index in [2.05, 4.69) is 13.5 Å². The fraction of sp³-hybridized carbons (Fsp3) is 0.800. The third-order valence-corrected chi connectivity index (χ3v) is 1.76. The second kappa shape index (κ2) is 15.2. The van der Waals surface area contributed by atoms with Gasteiger partial charge in [0.15, 0.2) is 0 Å². The lowest BCUT2D eigenvalue weighted by atomic mass is 10.1. The van der Waals surface area contributed by atoms with Gasteiger partial charge in [-0.05, 0) is 12.8 Å². The fourth-order valence-electron chi connectivity index (χ4n) is 1.07. The monoisotopic (exact) mass is 202 g/mol. The third kappa shape index (κ3) is 29.9. The first kappa shape index (κ1) is 16.1. The number of hydrogen-bond acceptors (Lipinski definition) is 3. The van der Waals surface area contributed by atoms with Crippen molar-refractivity contribution in [3.05, 3.63) is 12.7 Å². The van der Waals surface area contributed by atoms with Crippen LogP contribution in [0.2, 0.25) is 0 Å². The van der Waals surface area contributed by atoms with E-state index in [9.17, 15) is 0 Å². The summed E-state index contributed by atoms with van der Waals surface area (Å²) in [6.45, 7) is 5.95. The van der Waals surface area contributed by atoms with E-state index < -0.39 is 7.32 Å². The Balaban J connectivity index is 0. The lowest BCUT2D eigenvalue weighted by Crippen LogP contribution is -2.07. The van der Waals surface area contributed by atoms with Crippen LogP contribution in [0, 0.1) is 0 Å². The van der Waals surface area contributed by atoms with Gasteiger partial charge in [0, 0.05) is 0 Å². The first-order valence-corrected chi connectivity index (χ1v) is 5.30. The highest BCUT2D eigenvalue weighted by Crippen LogP contribution is 2.06. The molecule has 0 amide bonds. The summed E-state index contributed by atoms with van der Waals surface area (Å²) in [5.74, 6) is 0. The van der Waals surface area contributed by atoms with E-state index in [1.807, 2.05) is 6.08 Å². The van der Waals surface area contributed by atoms with Gasteiger partial charge in [-0.25, -0.2) is 0 Å². The van der Waals surface area contributed by atoms with Gasteiger partial charge in [0.2, 0.25) is 0 Å². The zero-order valence-corrected chi connectivity index (χ0v) is 9.15. The molecule has 0 fully saturated rings. The van der Waals surface area contributed by atoms with E-state index in [1.54, 1.807) is 0 Å². The van der Waals surface area contributed by atoms with Crippen molar-refractivity contribution in [3.8, 4) is 0 Å². The molecular weight excluding hydrogens is 179 g/mol. The summed E-state index contributed by atoms with van der Waals surface area (Å²) in [4.78, 5) is 0. The van der Waals surface area contributed by atoms with Crippen LogP contribution in [0.4, 0.5) is 0 Å². The van der Waals surface area contributed by atoms with Crippen LogP contribution < -0.4 is 0 Å². The molecule has 0 aromatic heterocycles. The molecule has 0 bridgehead atoms. The summed E-state index contributed by atoms with van der Waals surface area (Å²) in [7, 11) is -2.17. The molecule has 0 heterocycles. The Morgan fingerprint density at radius 3 is 1.86 bits per heavy atom. The number of unbranched alkanes of at least 4 members (excludes halogenated alkanes) is 6. The normalized spacial score (nSPS) is 8.86. The molecule has 0 aliphatic heterocycles.